The van der Waals surface area contributed by atoms with E-state index in [4.69, 9.17) is 23.7 Å². The van der Waals surface area contributed by atoms with Crippen LogP contribution in [0.25, 0.3) is 0 Å². The van der Waals surface area contributed by atoms with Gasteiger partial charge in [-0.25, -0.2) is 35.1 Å². The molecule has 0 aromatic heterocycles. The van der Waals surface area contributed by atoms with Gasteiger partial charge in [0.15, 0.2) is 29.4 Å². The number of hydrogen-bond acceptors (Lipinski definition) is 12. The van der Waals surface area contributed by atoms with Crippen LogP contribution >= 0.6 is 0 Å². The van der Waals surface area contributed by atoms with Crippen molar-refractivity contribution in [2.45, 2.75) is 218 Å². The summed E-state index contributed by atoms with van der Waals surface area (Å²) < 4.78 is 134. The summed E-state index contributed by atoms with van der Waals surface area (Å²) >= 11 is 0. The van der Waals surface area contributed by atoms with Crippen LogP contribution in [0, 0.1) is 53.3 Å². The summed E-state index contributed by atoms with van der Waals surface area (Å²) in [5.41, 5.74) is 12.4. The summed E-state index contributed by atoms with van der Waals surface area (Å²) in [4.78, 5) is 103. The molecule has 2 saturated carbocycles. The molecule has 11 aliphatic carbocycles. The van der Waals surface area contributed by atoms with Gasteiger partial charge in [0.2, 0.25) is 35.5 Å². The molecule has 0 N–H and O–H groups in total. The highest BCUT2D eigenvalue weighted by Crippen LogP contribution is 2.64. The summed E-state index contributed by atoms with van der Waals surface area (Å²) in [6.45, 7) is 3.60. The van der Waals surface area contributed by atoms with Crippen LogP contribution in [-0.4, -0.2) is 109 Å². The zero-order chi connectivity index (χ0) is 101. The fraction of sp³-hybridized carbons (Fsp3) is 0.352. The molecule has 0 spiro atoms. The fourth-order valence-electron chi connectivity index (χ4n) is 24.0. The van der Waals surface area contributed by atoms with Crippen molar-refractivity contribution in [2.75, 3.05) is 26.4 Å². The van der Waals surface area contributed by atoms with Crippen molar-refractivity contribution in [3.63, 3.8) is 0 Å². The number of nitrogens with zero attached hydrogens (tertiary/aromatic N) is 1. The van der Waals surface area contributed by atoms with E-state index >= 15 is 0 Å². The van der Waals surface area contributed by atoms with Crippen molar-refractivity contribution < 1.29 is 92.4 Å². The van der Waals surface area contributed by atoms with E-state index in [0.717, 1.165) is 101 Å². The first kappa shape index (κ1) is 102. The second-order valence-electron chi connectivity index (χ2n) is 40.0. The monoisotopic (exact) mass is 2010 g/mol. The van der Waals surface area contributed by atoms with E-state index in [1.54, 1.807) is 0 Å². The van der Waals surface area contributed by atoms with Crippen molar-refractivity contribution >= 4 is 63.5 Å². The maximum Gasteiger partial charge on any atom is 0.311 e. The number of ether oxygens (including phenoxy) is 5. The average Bonchev–Trinajstić information content (AvgIpc) is 1.21. The molecular weight excluding hydrogens is 1890 g/mol. The van der Waals surface area contributed by atoms with Crippen LogP contribution in [0.3, 0.4) is 0 Å². The normalized spacial score (nSPS) is 23.4. The Morgan fingerprint density at radius 3 is 0.821 bits per heavy atom. The predicted octanol–water partition coefficient (Wildman–Crippen LogP) is 26.9. The third-order valence-electron chi connectivity index (χ3n) is 30.1. The number of hydrogen-bond donors (Lipinski definition) is 0. The number of benzene rings is 12. The lowest BCUT2D eigenvalue weighted by Crippen LogP contribution is -2.49. The van der Waals surface area contributed by atoms with Crippen molar-refractivity contribution in [2.24, 2.45) is 53.3 Å². The molecule has 13 nitrogen and oxygen atoms in total. The van der Waals surface area contributed by atoms with Gasteiger partial charge in [0.25, 0.3) is 0 Å². The second-order valence-corrected chi connectivity index (χ2v) is 44.1. The quantitative estimate of drug-likeness (QED) is 0.0101. The van der Waals surface area contributed by atoms with Gasteiger partial charge < -0.3 is 23.7 Å². The maximum absolute atomic E-state index is 14.1. The zero-order valence-corrected chi connectivity index (χ0v) is 83.0. The first-order valence-electron chi connectivity index (χ1n) is 50.6. The van der Waals surface area contributed by atoms with Crippen LogP contribution in [0.2, 0.25) is 0 Å². The van der Waals surface area contributed by atoms with E-state index in [1.807, 2.05) is 121 Å². The third kappa shape index (κ3) is 22.5. The minimum atomic E-state index is -2.84. The number of esters is 5. The van der Waals surface area contributed by atoms with E-state index < -0.39 is 107 Å². The highest BCUT2D eigenvalue weighted by molar-refractivity contribution is 7.97. The van der Waals surface area contributed by atoms with Crippen molar-refractivity contribution in [3.8, 4) is 0 Å². The Labute approximate surface area is 847 Å². The van der Waals surface area contributed by atoms with Crippen LogP contribution in [-0.2, 0) is 79.0 Å². The fourth-order valence-corrected chi connectivity index (χ4v) is 28.3. The van der Waals surface area contributed by atoms with E-state index in [0.29, 0.717) is 44.9 Å². The second kappa shape index (κ2) is 44.7. The smallest absolute Gasteiger partial charge is 0.311 e. The third-order valence-corrected chi connectivity index (χ3v) is 34.5. The molecule has 2 saturated heterocycles. The lowest BCUT2D eigenvalue weighted by atomic mass is 9.54. The molecule has 23 heteroatoms. The first-order valence-corrected chi connectivity index (χ1v) is 53.0. The topological polar surface area (TPSA) is 169 Å². The number of fused-ring (bicyclic) bond motifs is 3. The number of unbranched alkanes of at least 4 members (excludes halogenated alkanes) is 4. The molecular formula is C122H119F8NO12S2+2. The minimum Gasteiger partial charge on any atom is -0.465 e. The largest absolute Gasteiger partial charge is 0.465 e. The standard InChI is InChI=1S/C32H38F4O4.C31H30F2O6.C23H21F2NO2.2C18H15S/c1-31(33,34)17-9-3-11-19-39-29(37)27-25-21-13-5-7-15-23(21)26(24-16-8-6-14-22(24)25)28(27)30(38)40-20-12-4-10-18-32(2,35)36;1-31(32,33)11-6-12-37-29(35)24-22-16-7-2-4-9-18(16)23(19-10-5-3-8-17(19)22)25(24)30(36)38-26-15-13-20-21(14-15)28(34)39-27(20)26;1-23(24,25)11-6-12-26-21(27)19-17-13-7-2-3-8-14(13)18(20(19)22(26)28)16-10-5-4-9-15(16)17;2*1-4-10-16(11-5-1)19(17-12-6-2-7-13-17)18-14-8-3-9-15-18/h5-8,13-16,25-28H,3-4,9-12,17-20H2,1-2H3;2-5,7-10,15,20-27H,6,11-14H2,1H3;2-5,7-10,17-20H,6,11-12H2,1H3;2*1-15H/q;;;2*+1. The van der Waals surface area contributed by atoms with Crippen LogP contribution in [0.15, 0.2) is 357 Å². The van der Waals surface area contributed by atoms with Crippen LogP contribution in [0.5, 0.6) is 0 Å². The summed E-state index contributed by atoms with van der Waals surface area (Å²) in [5, 5.41) is 0. The van der Waals surface area contributed by atoms with E-state index in [9.17, 15) is 68.7 Å². The van der Waals surface area contributed by atoms with Gasteiger partial charge in [-0.05, 0) is 231 Å². The Bertz CT molecular complexity index is 5940. The van der Waals surface area contributed by atoms with Crippen molar-refractivity contribution in [1.82, 2.24) is 4.90 Å². The zero-order valence-electron chi connectivity index (χ0n) is 81.4. The Balaban J connectivity index is 0.000000123. The molecule has 2 aliphatic heterocycles. The van der Waals surface area contributed by atoms with Gasteiger partial charge in [-0.2, -0.15) is 0 Å². The Morgan fingerprint density at radius 1 is 0.303 bits per heavy atom. The first-order chi connectivity index (χ1) is 70.0. The molecule has 13 aliphatic rings. The molecule has 25 rings (SSSR count). The van der Waals surface area contributed by atoms with Gasteiger partial charge in [-0.3, -0.25) is 38.5 Å². The SMILES string of the molecule is CC(F)(F)CCCCCOC(=O)C1C2c3ccccc3C(c3ccccc32)C1C(=O)OCCCCCC(C)(F)F.CC(F)(F)CCCN1C(=O)C2C3c4ccccc4C(c4ccccc43)C2C1=O.CC(F)(F)CCCOC(=O)C1C2c3ccccc3C(c3ccccc32)C1C(=O)OC1C2CC3C(=O)OC1C3C2.c1ccc([S+](c2ccccc2)c2ccccc2)cc1.c1ccc([S+](c2ccccc2)c2ccccc2)cc1. The Hall–Kier alpha value is -12.7. The van der Waals surface area contributed by atoms with Crippen molar-refractivity contribution in [3.05, 3.63) is 394 Å². The van der Waals surface area contributed by atoms with Gasteiger partial charge in [-0.1, -0.05) is 255 Å². The lowest BCUT2D eigenvalue weighted by Gasteiger charge is -2.48. The highest BCUT2D eigenvalue weighted by Gasteiger charge is 2.66. The molecule has 8 bridgehead atoms. The molecule has 2 amide bonds. The van der Waals surface area contributed by atoms with Gasteiger partial charge in [-0.15, -0.1) is 0 Å². The molecule has 11 unspecified atom stereocenters. The van der Waals surface area contributed by atoms with Gasteiger partial charge >= 0.3 is 29.8 Å². The van der Waals surface area contributed by atoms with Crippen molar-refractivity contribution in [1.29, 1.82) is 0 Å². The summed E-state index contributed by atoms with van der Waals surface area (Å²) in [7, 11) is -0.0293. The predicted molar refractivity (Wildman–Crippen MR) is 541 cm³/mol. The Morgan fingerprint density at radius 2 is 0.545 bits per heavy atom. The number of imide groups is 1. The summed E-state index contributed by atoms with van der Waals surface area (Å²) in [6.07, 6.45) is 2.13. The number of carbonyl (C=O) groups excluding carboxylic acids is 7. The molecule has 0 radical (unpaired) electrons. The number of amides is 2. The van der Waals surface area contributed by atoms with E-state index in [2.05, 4.69) is 206 Å². The maximum atomic E-state index is 14.1. The minimum absolute atomic E-state index is 0.0146. The van der Waals surface area contributed by atoms with Gasteiger partial charge in [0.1, 0.15) is 12.2 Å². The molecule has 12 aromatic rings. The highest BCUT2D eigenvalue weighted by atomic mass is 32.2. The summed E-state index contributed by atoms with van der Waals surface area (Å²) in [5.74, 6) is -19.7. The number of halogens is 8. The molecule has 12 aromatic carbocycles. The molecule has 4 fully saturated rings. The number of alkyl halides is 8. The Kier molecular flexibility index (Phi) is 31.5. The van der Waals surface area contributed by atoms with Gasteiger partial charge in [0.05, 0.1) is 83.0 Å². The molecule has 11 atom stereocenters. The molecule has 2 heterocycles. The van der Waals surface area contributed by atoms with E-state index in [-0.39, 0.29) is 146 Å². The molecule has 145 heavy (non-hydrogen) atoms. The molecule has 750 valence electrons. The number of carbonyl (C=O) groups is 7. The number of rotatable bonds is 31. The summed E-state index contributed by atoms with van der Waals surface area (Å²) in [6, 6.07) is 112. The van der Waals surface area contributed by atoms with Crippen LogP contribution in [0.4, 0.5) is 35.1 Å². The lowest BCUT2D eigenvalue weighted by molar-refractivity contribution is -0.173. The van der Waals surface area contributed by atoms with Crippen LogP contribution < -0.4 is 0 Å². The van der Waals surface area contributed by atoms with Gasteiger partial charge in [0, 0.05) is 79.6 Å². The van der Waals surface area contributed by atoms with E-state index in [1.165, 1.54) is 34.3 Å². The number of likely N-dealkylation sites (tertiary alicyclic amines) is 1. The average molecular weight is 2010 g/mol. The van der Waals surface area contributed by atoms with Crippen LogP contribution in [0.1, 0.15) is 220 Å².